The molecule has 0 atom stereocenters. The number of rotatable bonds is 7. The number of benzene rings is 4. The molecule has 4 aromatic carbocycles. The van der Waals surface area contributed by atoms with Crippen LogP contribution in [0.25, 0.3) is 22.6 Å². The predicted octanol–water partition coefficient (Wildman–Crippen LogP) is 10.4. The summed E-state index contributed by atoms with van der Waals surface area (Å²) >= 11 is 7.08. The first-order valence-electron chi connectivity index (χ1n) is 15.7. The van der Waals surface area contributed by atoms with E-state index in [1.165, 1.54) is 55.6 Å². The summed E-state index contributed by atoms with van der Waals surface area (Å²) in [5.74, 6) is 0. The fourth-order valence-electron chi connectivity index (χ4n) is 6.33. The van der Waals surface area contributed by atoms with E-state index in [9.17, 15) is 0 Å². The van der Waals surface area contributed by atoms with E-state index in [0.29, 0.717) is 0 Å². The van der Waals surface area contributed by atoms with Gasteiger partial charge in [-0.05, 0) is 65.3 Å². The zero-order valence-electron chi connectivity index (χ0n) is 25.3. The molecule has 0 amide bonds. The van der Waals surface area contributed by atoms with Crippen LogP contribution in [0.5, 0.6) is 0 Å². The lowest BCUT2D eigenvalue weighted by Crippen LogP contribution is -2.34. The molecule has 45 heavy (non-hydrogen) atoms. The van der Waals surface area contributed by atoms with Gasteiger partial charge in [0.2, 0.25) is 5.52 Å². The molecular weight excluding hydrogens is 568 g/mol. The third-order valence-electron chi connectivity index (χ3n) is 8.69. The van der Waals surface area contributed by atoms with E-state index in [-0.39, 0.29) is 0 Å². The molecule has 2 nitrogen and oxygen atoms in total. The third kappa shape index (κ3) is 6.48. The standard InChI is InChI=1S/C42H36ClN2/c43-42-36(24-22-34-26-28-44(30-32-12-3-1-4-13-32)40-20-9-7-18-38(34)40)16-11-17-37(42)25-23-35-27-29-45(31-33-14-5-2-6-15-33)41-21-10-8-19-39(35)41/h1-10,12-15,18-29H,11,16-17,30-31H2/q+1. The van der Waals surface area contributed by atoms with Gasteiger partial charge in [-0.2, -0.15) is 4.57 Å². The van der Waals surface area contributed by atoms with E-state index in [2.05, 4.69) is 168 Å². The van der Waals surface area contributed by atoms with Crippen LogP contribution in [0.1, 0.15) is 41.5 Å². The molecule has 0 N–H and O–H groups in total. The van der Waals surface area contributed by atoms with Gasteiger partial charge in [0.15, 0.2) is 12.7 Å². The fraction of sp³-hybridized carbons (Fsp3) is 0.119. The van der Waals surface area contributed by atoms with Crippen molar-refractivity contribution in [1.29, 1.82) is 0 Å². The second kappa shape index (κ2) is 13.4. The van der Waals surface area contributed by atoms with Crippen molar-refractivity contribution in [2.24, 2.45) is 0 Å². The Bertz CT molecular complexity index is 1980. The molecule has 0 bridgehead atoms. The normalized spacial score (nSPS) is 16.7. The highest BCUT2D eigenvalue weighted by Gasteiger charge is 2.18. The smallest absolute Gasteiger partial charge is 0.213 e. The minimum atomic E-state index is 0.844. The van der Waals surface area contributed by atoms with Gasteiger partial charge in [-0.15, -0.1) is 0 Å². The summed E-state index contributed by atoms with van der Waals surface area (Å²) in [6.45, 7) is 1.69. The lowest BCUT2D eigenvalue weighted by molar-refractivity contribution is -0.662. The SMILES string of the molecule is ClC1=C(/C=C/c2cc[n+](Cc3ccccc3)c3ccccc23)CCC/C1=C\C=C1/C=CN(Cc2ccccc2)c2ccccc21. The average molecular weight is 604 g/mol. The van der Waals surface area contributed by atoms with Gasteiger partial charge in [-0.25, -0.2) is 0 Å². The molecule has 220 valence electrons. The number of fused-ring (bicyclic) bond motifs is 2. The van der Waals surface area contributed by atoms with Crippen LogP contribution in [0.4, 0.5) is 5.69 Å². The van der Waals surface area contributed by atoms with Gasteiger partial charge in [-0.3, -0.25) is 0 Å². The third-order valence-corrected chi connectivity index (χ3v) is 9.18. The molecule has 0 spiro atoms. The van der Waals surface area contributed by atoms with E-state index in [1.807, 2.05) is 0 Å². The summed E-state index contributed by atoms with van der Waals surface area (Å²) in [5.41, 5.74) is 11.1. The Morgan fingerprint density at radius 1 is 0.711 bits per heavy atom. The molecular formula is C42H36ClN2+. The van der Waals surface area contributed by atoms with E-state index in [4.69, 9.17) is 11.6 Å². The Hall–Kier alpha value is -4.92. The largest absolute Gasteiger partial charge is 0.343 e. The van der Waals surface area contributed by atoms with Crippen molar-refractivity contribution in [2.45, 2.75) is 32.4 Å². The van der Waals surface area contributed by atoms with Crippen molar-refractivity contribution in [1.82, 2.24) is 0 Å². The molecule has 1 aliphatic heterocycles. The summed E-state index contributed by atoms with van der Waals surface area (Å²) in [5, 5.41) is 2.12. The summed E-state index contributed by atoms with van der Waals surface area (Å²) < 4.78 is 2.32. The number of para-hydroxylation sites is 2. The quantitative estimate of drug-likeness (QED) is 0.168. The van der Waals surface area contributed by atoms with Crippen molar-refractivity contribution >= 4 is 39.8 Å². The van der Waals surface area contributed by atoms with Crippen LogP contribution in [0.15, 0.2) is 168 Å². The Morgan fingerprint density at radius 3 is 2.29 bits per heavy atom. The van der Waals surface area contributed by atoms with Crippen LogP contribution in [-0.2, 0) is 13.1 Å². The zero-order valence-corrected chi connectivity index (χ0v) is 26.1. The van der Waals surface area contributed by atoms with Gasteiger partial charge in [0.25, 0.3) is 0 Å². The maximum atomic E-state index is 7.08. The van der Waals surface area contributed by atoms with Crippen LogP contribution >= 0.6 is 11.6 Å². The molecule has 0 saturated heterocycles. The Kier molecular flexibility index (Phi) is 8.57. The first-order chi connectivity index (χ1) is 22.2. The number of anilines is 1. The average Bonchev–Trinajstić information content (AvgIpc) is 3.09. The second-order valence-electron chi connectivity index (χ2n) is 11.7. The van der Waals surface area contributed by atoms with Crippen molar-refractivity contribution in [3.63, 3.8) is 0 Å². The van der Waals surface area contributed by atoms with E-state index < -0.39 is 0 Å². The Labute approximate surface area is 271 Å². The molecule has 0 radical (unpaired) electrons. The number of nitrogens with zero attached hydrogens (tertiary/aromatic N) is 2. The van der Waals surface area contributed by atoms with Crippen LogP contribution in [0.2, 0.25) is 0 Å². The summed E-state index contributed by atoms with van der Waals surface area (Å²) in [7, 11) is 0. The highest BCUT2D eigenvalue weighted by molar-refractivity contribution is 6.32. The Morgan fingerprint density at radius 2 is 1.44 bits per heavy atom. The maximum absolute atomic E-state index is 7.08. The monoisotopic (exact) mass is 603 g/mol. The summed E-state index contributed by atoms with van der Waals surface area (Å²) in [4.78, 5) is 2.32. The molecule has 0 saturated carbocycles. The Balaban J connectivity index is 1.14. The fourth-order valence-corrected chi connectivity index (χ4v) is 6.65. The molecule has 1 aromatic heterocycles. The minimum Gasteiger partial charge on any atom is -0.343 e. The van der Waals surface area contributed by atoms with Crippen LogP contribution < -0.4 is 9.47 Å². The van der Waals surface area contributed by atoms with Gasteiger partial charge in [-0.1, -0.05) is 127 Å². The second-order valence-corrected chi connectivity index (χ2v) is 12.1. The number of hydrogen-bond donors (Lipinski definition) is 0. The van der Waals surface area contributed by atoms with Crippen molar-refractivity contribution in [3.8, 4) is 0 Å². The predicted molar refractivity (Wildman–Crippen MR) is 190 cm³/mol. The number of allylic oxidation sites excluding steroid dienone is 8. The first kappa shape index (κ1) is 28.8. The van der Waals surface area contributed by atoms with Crippen LogP contribution in [0.3, 0.4) is 0 Å². The van der Waals surface area contributed by atoms with Gasteiger partial charge in [0.1, 0.15) is 0 Å². The van der Waals surface area contributed by atoms with Gasteiger partial charge in [0.05, 0.1) is 5.39 Å². The summed E-state index contributed by atoms with van der Waals surface area (Å²) in [6.07, 6.45) is 18.6. The van der Waals surface area contributed by atoms with Gasteiger partial charge >= 0.3 is 0 Å². The lowest BCUT2D eigenvalue weighted by atomic mass is 9.92. The molecule has 1 aliphatic carbocycles. The number of pyridine rings is 1. The topological polar surface area (TPSA) is 7.12 Å². The minimum absolute atomic E-state index is 0.844. The molecule has 2 heterocycles. The number of hydrogen-bond acceptors (Lipinski definition) is 1. The molecule has 0 fully saturated rings. The number of halogens is 1. The van der Waals surface area contributed by atoms with Crippen LogP contribution in [-0.4, -0.2) is 0 Å². The van der Waals surface area contributed by atoms with Gasteiger partial charge in [0, 0.05) is 46.7 Å². The van der Waals surface area contributed by atoms with E-state index in [1.54, 1.807) is 0 Å². The molecule has 0 unspecified atom stereocenters. The van der Waals surface area contributed by atoms with Crippen molar-refractivity contribution in [3.05, 3.63) is 190 Å². The van der Waals surface area contributed by atoms with E-state index >= 15 is 0 Å². The molecule has 2 aliphatic rings. The number of aromatic nitrogens is 1. The van der Waals surface area contributed by atoms with E-state index in [0.717, 1.165) is 37.4 Å². The maximum Gasteiger partial charge on any atom is 0.213 e. The highest BCUT2D eigenvalue weighted by Crippen LogP contribution is 2.36. The van der Waals surface area contributed by atoms with Crippen molar-refractivity contribution in [2.75, 3.05) is 4.90 Å². The zero-order chi connectivity index (χ0) is 30.4. The summed E-state index contributed by atoms with van der Waals surface area (Å²) in [6, 6.07) is 40.7. The van der Waals surface area contributed by atoms with Crippen molar-refractivity contribution < 1.29 is 4.57 Å². The molecule has 7 rings (SSSR count). The molecule has 5 aromatic rings. The molecule has 3 heteroatoms. The van der Waals surface area contributed by atoms with Gasteiger partial charge < -0.3 is 4.90 Å². The van der Waals surface area contributed by atoms with Crippen LogP contribution in [0, 0.1) is 0 Å². The lowest BCUT2D eigenvalue weighted by Gasteiger charge is -2.28. The highest BCUT2D eigenvalue weighted by atomic mass is 35.5. The first-order valence-corrected chi connectivity index (χ1v) is 16.1.